The topological polar surface area (TPSA) is 60.0 Å². The van der Waals surface area contributed by atoms with Crippen molar-refractivity contribution in [1.82, 2.24) is 0 Å². The zero-order valence-electron chi connectivity index (χ0n) is 11.8. The van der Waals surface area contributed by atoms with Gasteiger partial charge in [-0.15, -0.1) is 0 Å². The van der Waals surface area contributed by atoms with Crippen molar-refractivity contribution in [2.75, 3.05) is 0 Å². The minimum absolute atomic E-state index is 0. The van der Waals surface area contributed by atoms with Crippen LogP contribution in [0.15, 0.2) is 48.6 Å². The van der Waals surface area contributed by atoms with Crippen molar-refractivity contribution >= 4 is 0 Å². The van der Waals surface area contributed by atoms with Gasteiger partial charge in [0.1, 0.15) is 0 Å². The summed E-state index contributed by atoms with van der Waals surface area (Å²) in [7, 11) is 0. The van der Waals surface area contributed by atoms with Gasteiger partial charge < -0.3 is 11.0 Å². The Morgan fingerprint density at radius 3 is 0.500 bits per heavy atom. The first-order valence-corrected chi connectivity index (χ1v) is 6.60. The average molecular weight is 456 g/mol. The Bertz CT molecular complexity index is 192. The second kappa shape index (κ2) is 24.2. The van der Waals surface area contributed by atoms with E-state index < -0.39 is 0 Å². The van der Waals surface area contributed by atoms with E-state index in [0.717, 1.165) is 0 Å². The summed E-state index contributed by atoms with van der Waals surface area (Å²) in [5.41, 5.74) is 0. The van der Waals surface area contributed by atoms with Crippen LogP contribution in [0.5, 0.6) is 0 Å². The first-order chi connectivity index (χ1) is 8.00. The molecule has 0 unspecified atom stereocenters. The predicted octanol–water partition coefficient (Wildman–Crippen LogP) is 4.99. The van der Waals surface area contributed by atoms with E-state index in [4.69, 9.17) is 0 Å². The SMILES string of the molecule is C1=CCC/C=C\CC1.C1=CCC/C=C\CC1.[OH-].[OH-].[Rh].[Rh]. The molecule has 0 fully saturated rings. The Morgan fingerprint density at radius 1 is 0.300 bits per heavy atom. The zero-order chi connectivity index (χ0) is 11.3. The monoisotopic (exact) mass is 456 g/mol. The molecule has 0 atom stereocenters. The number of rotatable bonds is 0. The Hall–Kier alpha value is 0.127. The van der Waals surface area contributed by atoms with E-state index in [0.29, 0.717) is 0 Å². The van der Waals surface area contributed by atoms with Gasteiger partial charge in [-0.2, -0.15) is 0 Å². The second-order valence-corrected chi connectivity index (χ2v) is 4.20. The predicted molar refractivity (Wildman–Crippen MR) is 77.4 cm³/mol. The molecule has 0 bridgehead atoms. The van der Waals surface area contributed by atoms with Gasteiger partial charge >= 0.3 is 0 Å². The summed E-state index contributed by atoms with van der Waals surface area (Å²) in [6.45, 7) is 0. The molecule has 2 aliphatic carbocycles. The summed E-state index contributed by atoms with van der Waals surface area (Å²) < 4.78 is 0. The van der Waals surface area contributed by atoms with Crippen LogP contribution >= 0.6 is 0 Å². The number of allylic oxidation sites excluding steroid dienone is 8. The molecular formula is C16H26O2Rh2-2. The maximum Gasteiger partial charge on any atom is 0 e. The van der Waals surface area contributed by atoms with Gasteiger partial charge in [0.25, 0.3) is 0 Å². The average Bonchev–Trinajstić information content (AvgIpc) is 2.15. The van der Waals surface area contributed by atoms with Crippen LogP contribution in [0.2, 0.25) is 0 Å². The van der Waals surface area contributed by atoms with Crippen molar-refractivity contribution in [1.29, 1.82) is 0 Å². The third kappa shape index (κ3) is 20.4. The van der Waals surface area contributed by atoms with E-state index in [-0.39, 0.29) is 49.9 Å². The van der Waals surface area contributed by atoms with E-state index in [1.165, 1.54) is 51.4 Å². The molecule has 0 aromatic heterocycles. The zero-order valence-corrected chi connectivity index (χ0v) is 15.1. The van der Waals surface area contributed by atoms with Crippen molar-refractivity contribution in [2.45, 2.75) is 51.4 Å². The Kier molecular flexibility index (Phi) is 34.2. The molecule has 2 aliphatic rings. The molecule has 20 heavy (non-hydrogen) atoms. The molecule has 0 amide bonds. The summed E-state index contributed by atoms with van der Waals surface area (Å²) in [6, 6.07) is 0. The molecule has 2 rings (SSSR count). The minimum Gasteiger partial charge on any atom is -0.870 e. The first-order valence-electron chi connectivity index (χ1n) is 6.60. The normalized spacial score (nSPS) is 19.2. The van der Waals surface area contributed by atoms with Gasteiger partial charge in [0.15, 0.2) is 0 Å². The van der Waals surface area contributed by atoms with Crippen LogP contribution in [0.25, 0.3) is 0 Å². The third-order valence-electron chi connectivity index (χ3n) is 2.67. The van der Waals surface area contributed by atoms with Crippen LogP contribution in [0, 0.1) is 0 Å². The van der Waals surface area contributed by atoms with Crippen LogP contribution in [0.3, 0.4) is 0 Å². The molecule has 0 aromatic rings. The minimum atomic E-state index is 0. The second-order valence-electron chi connectivity index (χ2n) is 4.20. The standard InChI is InChI=1S/2C8H12.2H2O.2Rh/c2*1-2-4-6-8-7-5-3-1;;;;/h2*1-2,7-8H,3-6H2;2*1H2;;/p-2/b2*2-1-,8-7?;;;;. The molecule has 122 valence electrons. The Balaban J connectivity index is -0.000000107. The summed E-state index contributed by atoms with van der Waals surface area (Å²) in [4.78, 5) is 0. The van der Waals surface area contributed by atoms with Crippen LogP contribution in [0.1, 0.15) is 51.4 Å². The van der Waals surface area contributed by atoms with Crippen molar-refractivity contribution in [3.05, 3.63) is 48.6 Å². The van der Waals surface area contributed by atoms with Crippen molar-refractivity contribution in [3.8, 4) is 0 Å². The molecule has 2 radical (unpaired) electrons. The van der Waals surface area contributed by atoms with Crippen LogP contribution in [-0.4, -0.2) is 11.0 Å². The molecule has 0 spiro atoms. The van der Waals surface area contributed by atoms with E-state index >= 15 is 0 Å². The van der Waals surface area contributed by atoms with Gasteiger partial charge in [0, 0.05) is 39.0 Å². The molecule has 2 nitrogen and oxygen atoms in total. The molecular weight excluding hydrogens is 430 g/mol. The summed E-state index contributed by atoms with van der Waals surface area (Å²) in [6.07, 6.45) is 28.0. The summed E-state index contributed by atoms with van der Waals surface area (Å²) in [5, 5.41) is 0. The van der Waals surface area contributed by atoms with E-state index in [9.17, 15) is 0 Å². The van der Waals surface area contributed by atoms with Gasteiger partial charge in [0.2, 0.25) is 0 Å². The molecule has 0 aromatic carbocycles. The third-order valence-corrected chi connectivity index (χ3v) is 2.67. The van der Waals surface area contributed by atoms with Crippen LogP contribution < -0.4 is 0 Å². The van der Waals surface area contributed by atoms with Crippen molar-refractivity contribution in [2.24, 2.45) is 0 Å². The van der Waals surface area contributed by atoms with Crippen molar-refractivity contribution in [3.63, 3.8) is 0 Å². The number of hydrogen-bond acceptors (Lipinski definition) is 2. The fourth-order valence-electron chi connectivity index (χ4n) is 1.71. The van der Waals surface area contributed by atoms with E-state index in [1.54, 1.807) is 0 Å². The van der Waals surface area contributed by atoms with Gasteiger partial charge in [-0.25, -0.2) is 0 Å². The molecule has 0 saturated heterocycles. The number of hydrogen-bond donors (Lipinski definition) is 0. The maximum absolute atomic E-state index is 2.27. The van der Waals surface area contributed by atoms with Gasteiger partial charge in [0.05, 0.1) is 0 Å². The van der Waals surface area contributed by atoms with Gasteiger partial charge in [-0.3, -0.25) is 0 Å². The van der Waals surface area contributed by atoms with Gasteiger partial charge in [-0.05, 0) is 51.4 Å². The molecule has 0 saturated carbocycles. The van der Waals surface area contributed by atoms with Crippen molar-refractivity contribution < 1.29 is 49.9 Å². The largest absolute Gasteiger partial charge is 0.870 e. The fourth-order valence-corrected chi connectivity index (χ4v) is 1.71. The van der Waals surface area contributed by atoms with E-state index in [1.807, 2.05) is 0 Å². The Morgan fingerprint density at radius 2 is 0.400 bits per heavy atom. The molecule has 2 N–H and O–H groups in total. The van der Waals surface area contributed by atoms with Crippen LogP contribution in [0.4, 0.5) is 0 Å². The van der Waals surface area contributed by atoms with Crippen LogP contribution in [-0.2, 0) is 39.0 Å². The summed E-state index contributed by atoms with van der Waals surface area (Å²) >= 11 is 0. The smallest absolute Gasteiger partial charge is 0 e. The maximum atomic E-state index is 2.27. The molecule has 4 heteroatoms. The fraction of sp³-hybridized carbons (Fsp3) is 0.500. The molecule has 0 aliphatic heterocycles. The summed E-state index contributed by atoms with van der Waals surface area (Å²) in [5.74, 6) is 0. The van der Waals surface area contributed by atoms with E-state index in [2.05, 4.69) is 48.6 Å². The Labute approximate surface area is 149 Å². The quantitative estimate of drug-likeness (QED) is 0.381. The van der Waals surface area contributed by atoms with Gasteiger partial charge in [-0.1, -0.05) is 48.6 Å². The first kappa shape index (κ1) is 28.3. The molecule has 0 heterocycles.